The second-order valence-corrected chi connectivity index (χ2v) is 4.72. The molecule has 18 heavy (non-hydrogen) atoms. The zero-order chi connectivity index (χ0) is 12.8. The molecule has 94 valence electrons. The van der Waals surface area contributed by atoms with Crippen LogP contribution in [0.15, 0.2) is 46.9 Å². The molecule has 0 radical (unpaired) electrons. The molecule has 1 aromatic heterocycles. The van der Waals surface area contributed by atoms with Gasteiger partial charge >= 0.3 is 0 Å². The van der Waals surface area contributed by atoms with Crippen molar-refractivity contribution in [2.75, 3.05) is 6.61 Å². The number of hydrogen-bond acceptors (Lipinski definition) is 4. The van der Waals surface area contributed by atoms with Gasteiger partial charge in [0.1, 0.15) is 5.75 Å². The Morgan fingerprint density at radius 1 is 1.33 bits per heavy atom. The summed E-state index contributed by atoms with van der Waals surface area (Å²) >= 11 is 1.72. The molecule has 0 amide bonds. The Bertz CT molecular complexity index is 524. The summed E-state index contributed by atoms with van der Waals surface area (Å²) in [6.45, 7) is 0.611. The van der Waals surface area contributed by atoms with Crippen LogP contribution < -0.4 is 10.5 Å². The van der Waals surface area contributed by atoms with Crippen molar-refractivity contribution >= 4 is 17.2 Å². The van der Waals surface area contributed by atoms with Crippen molar-refractivity contribution in [2.45, 2.75) is 6.42 Å². The van der Waals surface area contributed by atoms with Crippen molar-refractivity contribution in [3.8, 4) is 5.75 Å². The maximum Gasteiger partial charge on any atom is 0.170 e. The monoisotopic (exact) mass is 262 g/mol. The third kappa shape index (κ3) is 3.24. The smallest absolute Gasteiger partial charge is 0.170 e. The fourth-order valence-corrected chi connectivity index (χ4v) is 2.22. The molecule has 1 heterocycles. The number of benzene rings is 1. The van der Waals surface area contributed by atoms with Gasteiger partial charge in [0.2, 0.25) is 0 Å². The van der Waals surface area contributed by atoms with E-state index in [1.165, 1.54) is 4.88 Å². The molecule has 2 rings (SSSR count). The van der Waals surface area contributed by atoms with E-state index in [9.17, 15) is 0 Å². The molecule has 0 aliphatic rings. The lowest BCUT2D eigenvalue weighted by Crippen LogP contribution is -2.13. The van der Waals surface area contributed by atoms with Crippen LogP contribution >= 0.6 is 11.3 Å². The van der Waals surface area contributed by atoms with Gasteiger partial charge in [0, 0.05) is 16.9 Å². The molecule has 0 atom stereocenters. The molecule has 0 spiro atoms. The number of rotatable bonds is 5. The number of thiophene rings is 1. The number of amidine groups is 1. The number of nitrogens with zero attached hydrogens (tertiary/aromatic N) is 1. The van der Waals surface area contributed by atoms with Crippen LogP contribution in [0.5, 0.6) is 5.75 Å². The Hall–Kier alpha value is -2.01. The lowest BCUT2D eigenvalue weighted by atomic mass is 10.2. The van der Waals surface area contributed by atoms with Crippen molar-refractivity contribution in [1.82, 2.24) is 0 Å². The van der Waals surface area contributed by atoms with E-state index < -0.39 is 0 Å². The summed E-state index contributed by atoms with van der Waals surface area (Å²) in [7, 11) is 0. The third-order valence-electron chi connectivity index (χ3n) is 2.43. The van der Waals surface area contributed by atoms with Gasteiger partial charge in [-0.05, 0) is 23.6 Å². The predicted octanol–water partition coefficient (Wildman–Crippen LogP) is 2.46. The first-order chi connectivity index (χ1) is 8.79. The summed E-state index contributed by atoms with van der Waals surface area (Å²) < 4.78 is 5.63. The minimum atomic E-state index is 0.0821. The van der Waals surface area contributed by atoms with Crippen molar-refractivity contribution in [3.05, 3.63) is 52.2 Å². The number of nitrogens with two attached hydrogens (primary N) is 1. The van der Waals surface area contributed by atoms with E-state index in [0.29, 0.717) is 12.2 Å². The van der Waals surface area contributed by atoms with Crippen LogP contribution in [0, 0.1) is 0 Å². The summed E-state index contributed by atoms with van der Waals surface area (Å²) in [5.41, 5.74) is 6.16. The summed E-state index contributed by atoms with van der Waals surface area (Å²) in [6.07, 6.45) is 0.880. The average Bonchev–Trinajstić information content (AvgIpc) is 2.91. The molecule has 0 saturated heterocycles. The molecule has 0 saturated carbocycles. The molecule has 1 aromatic carbocycles. The van der Waals surface area contributed by atoms with Gasteiger partial charge in [-0.2, -0.15) is 0 Å². The SMILES string of the molecule is NC(=NO)c1cccc(OCCc2cccs2)c1. The van der Waals surface area contributed by atoms with Crippen LogP contribution in [-0.4, -0.2) is 17.6 Å². The van der Waals surface area contributed by atoms with Gasteiger partial charge in [-0.3, -0.25) is 0 Å². The van der Waals surface area contributed by atoms with Crippen molar-refractivity contribution in [3.63, 3.8) is 0 Å². The molecule has 0 aliphatic heterocycles. The van der Waals surface area contributed by atoms with Crippen LogP contribution in [-0.2, 0) is 6.42 Å². The Balaban J connectivity index is 1.93. The van der Waals surface area contributed by atoms with Crippen LogP contribution in [0.4, 0.5) is 0 Å². The molecule has 0 fully saturated rings. The van der Waals surface area contributed by atoms with E-state index in [2.05, 4.69) is 11.2 Å². The van der Waals surface area contributed by atoms with Crippen molar-refractivity contribution in [2.24, 2.45) is 10.9 Å². The van der Waals surface area contributed by atoms with Crippen LogP contribution in [0.1, 0.15) is 10.4 Å². The largest absolute Gasteiger partial charge is 0.493 e. The Morgan fingerprint density at radius 3 is 2.94 bits per heavy atom. The van der Waals surface area contributed by atoms with Gasteiger partial charge < -0.3 is 15.7 Å². The molecule has 0 unspecified atom stereocenters. The standard InChI is InChI=1S/C13H14N2O2S/c14-13(15-16)10-3-1-4-11(9-10)17-7-6-12-5-2-8-18-12/h1-5,8-9,16H,6-7H2,(H2,14,15). The fourth-order valence-electron chi connectivity index (χ4n) is 1.53. The lowest BCUT2D eigenvalue weighted by Gasteiger charge is -2.06. The van der Waals surface area contributed by atoms with E-state index in [1.807, 2.05) is 23.6 Å². The molecule has 0 aliphatic carbocycles. The highest BCUT2D eigenvalue weighted by molar-refractivity contribution is 7.09. The molecular weight excluding hydrogens is 248 g/mol. The summed E-state index contributed by atoms with van der Waals surface area (Å²) in [4.78, 5) is 1.29. The van der Waals surface area contributed by atoms with Gasteiger partial charge in [-0.1, -0.05) is 23.4 Å². The molecule has 3 N–H and O–H groups in total. The highest BCUT2D eigenvalue weighted by Crippen LogP contribution is 2.15. The second-order valence-electron chi connectivity index (χ2n) is 3.69. The normalized spacial score (nSPS) is 11.4. The zero-order valence-electron chi connectivity index (χ0n) is 9.74. The maximum absolute atomic E-state index is 8.60. The quantitative estimate of drug-likeness (QED) is 0.376. The Labute approximate surface area is 109 Å². The minimum absolute atomic E-state index is 0.0821. The summed E-state index contributed by atoms with van der Waals surface area (Å²) in [6, 6.07) is 11.3. The molecule has 0 bridgehead atoms. The van der Waals surface area contributed by atoms with Gasteiger partial charge in [-0.15, -0.1) is 11.3 Å². The third-order valence-corrected chi connectivity index (χ3v) is 3.37. The summed E-state index contributed by atoms with van der Waals surface area (Å²) in [5.74, 6) is 0.800. The van der Waals surface area contributed by atoms with E-state index in [-0.39, 0.29) is 5.84 Å². The highest BCUT2D eigenvalue weighted by atomic mass is 32.1. The number of oxime groups is 1. The lowest BCUT2D eigenvalue weighted by molar-refractivity contribution is 0.318. The van der Waals surface area contributed by atoms with E-state index in [0.717, 1.165) is 12.2 Å². The van der Waals surface area contributed by atoms with E-state index >= 15 is 0 Å². The second kappa shape index (κ2) is 6.07. The van der Waals surface area contributed by atoms with Crippen molar-refractivity contribution in [1.29, 1.82) is 0 Å². The van der Waals surface area contributed by atoms with Gasteiger partial charge in [0.05, 0.1) is 6.61 Å². The highest BCUT2D eigenvalue weighted by Gasteiger charge is 2.01. The first-order valence-electron chi connectivity index (χ1n) is 5.53. The van der Waals surface area contributed by atoms with Gasteiger partial charge in [-0.25, -0.2) is 0 Å². The van der Waals surface area contributed by atoms with E-state index in [4.69, 9.17) is 15.7 Å². The molecule has 4 nitrogen and oxygen atoms in total. The van der Waals surface area contributed by atoms with Crippen molar-refractivity contribution < 1.29 is 9.94 Å². The predicted molar refractivity (Wildman–Crippen MR) is 72.5 cm³/mol. The van der Waals surface area contributed by atoms with Crippen LogP contribution in [0.3, 0.4) is 0 Å². The van der Waals surface area contributed by atoms with Gasteiger partial charge in [0.25, 0.3) is 0 Å². The topological polar surface area (TPSA) is 67.8 Å². The zero-order valence-corrected chi connectivity index (χ0v) is 10.6. The number of hydrogen-bond donors (Lipinski definition) is 2. The Kier molecular flexibility index (Phi) is 4.20. The summed E-state index contributed by atoms with van der Waals surface area (Å²) in [5, 5.41) is 13.6. The number of ether oxygens (including phenoxy) is 1. The van der Waals surface area contributed by atoms with Gasteiger partial charge in [0.15, 0.2) is 5.84 Å². The van der Waals surface area contributed by atoms with Crippen LogP contribution in [0.2, 0.25) is 0 Å². The van der Waals surface area contributed by atoms with Crippen LogP contribution in [0.25, 0.3) is 0 Å². The van der Waals surface area contributed by atoms with E-state index in [1.54, 1.807) is 23.5 Å². The minimum Gasteiger partial charge on any atom is -0.493 e. The first-order valence-corrected chi connectivity index (χ1v) is 6.40. The average molecular weight is 262 g/mol. The maximum atomic E-state index is 8.60. The first kappa shape index (κ1) is 12.4. The molecule has 2 aromatic rings. The Morgan fingerprint density at radius 2 is 2.22 bits per heavy atom. The molecule has 5 heteroatoms. The fraction of sp³-hybridized carbons (Fsp3) is 0.154. The molecular formula is C13H14N2O2S.